The molecule has 0 saturated carbocycles. The van der Waals surface area contributed by atoms with Crippen LogP contribution in [-0.2, 0) is 0 Å². The first-order chi connectivity index (χ1) is 13.9. The van der Waals surface area contributed by atoms with Crippen molar-refractivity contribution in [2.24, 2.45) is 0 Å². The minimum Gasteiger partial charge on any atom is -0.264 e. The molecule has 1 heterocycles. The lowest BCUT2D eigenvalue weighted by Gasteiger charge is -1.88. The minimum absolute atomic E-state index is 1.06. The summed E-state index contributed by atoms with van der Waals surface area (Å²) in [7, 11) is 0. The van der Waals surface area contributed by atoms with Gasteiger partial charge in [0, 0.05) is 12.4 Å². The molecule has 1 aromatic heterocycles. The van der Waals surface area contributed by atoms with Crippen LogP contribution in [0.3, 0.4) is 0 Å². The third-order valence-corrected chi connectivity index (χ3v) is 3.65. The first kappa shape index (κ1) is 20.6. The summed E-state index contributed by atoms with van der Waals surface area (Å²) in [5.74, 6) is 0. The largest absolute Gasteiger partial charge is 0.264 e. The molecular formula is C27H25N. The number of aromatic nitrogens is 1. The maximum atomic E-state index is 3.88. The summed E-state index contributed by atoms with van der Waals surface area (Å²) >= 11 is 0. The Hall–Kier alpha value is -3.71. The van der Waals surface area contributed by atoms with Crippen LogP contribution in [-0.4, -0.2) is 4.98 Å². The summed E-state index contributed by atoms with van der Waals surface area (Å²) < 4.78 is 0. The Balaban J connectivity index is 0.000000292. The van der Waals surface area contributed by atoms with Gasteiger partial charge in [-0.2, -0.15) is 0 Å². The lowest BCUT2D eigenvalue weighted by molar-refractivity contribution is 1.32. The number of allylic oxidation sites excluding steroid dienone is 6. The Morgan fingerprint density at radius 1 is 0.536 bits per heavy atom. The van der Waals surface area contributed by atoms with Crippen molar-refractivity contribution < 1.29 is 0 Å². The predicted molar refractivity (Wildman–Crippen MR) is 124 cm³/mol. The molecule has 0 atom stereocenters. The van der Waals surface area contributed by atoms with Gasteiger partial charge < -0.3 is 0 Å². The van der Waals surface area contributed by atoms with Crippen molar-refractivity contribution in [2.45, 2.75) is 0 Å². The molecule has 0 aliphatic rings. The maximum absolute atomic E-state index is 3.88. The average Bonchev–Trinajstić information content (AvgIpc) is 2.78. The smallest absolute Gasteiger partial charge is 0.0340 e. The summed E-state index contributed by atoms with van der Waals surface area (Å²) in [6, 6.07) is 24.4. The van der Waals surface area contributed by atoms with Crippen LogP contribution in [0.1, 0.15) is 16.7 Å². The van der Waals surface area contributed by atoms with Crippen molar-refractivity contribution in [1.29, 1.82) is 0 Å². The molecule has 0 N–H and O–H groups in total. The number of rotatable bonds is 6. The van der Waals surface area contributed by atoms with Crippen LogP contribution >= 0.6 is 0 Å². The van der Waals surface area contributed by atoms with E-state index in [9.17, 15) is 0 Å². The van der Waals surface area contributed by atoms with Gasteiger partial charge in [0.15, 0.2) is 0 Å². The van der Waals surface area contributed by atoms with Gasteiger partial charge in [-0.25, -0.2) is 0 Å². The van der Waals surface area contributed by atoms with Gasteiger partial charge in [-0.1, -0.05) is 128 Å². The highest BCUT2D eigenvalue weighted by molar-refractivity contribution is 5.52. The topological polar surface area (TPSA) is 12.9 Å². The molecule has 0 aliphatic heterocycles. The molecule has 0 radical (unpaired) electrons. The second-order valence-corrected chi connectivity index (χ2v) is 5.80. The highest BCUT2D eigenvalue weighted by Gasteiger charge is 1.80. The van der Waals surface area contributed by atoms with Crippen molar-refractivity contribution in [2.75, 3.05) is 0 Å². The van der Waals surface area contributed by atoms with E-state index in [1.165, 1.54) is 11.1 Å². The Morgan fingerprint density at radius 3 is 1.39 bits per heavy atom. The molecule has 1 heteroatoms. The van der Waals surface area contributed by atoms with Crippen molar-refractivity contribution >= 4 is 18.2 Å². The van der Waals surface area contributed by atoms with Gasteiger partial charge in [-0.3, -0.25) is 4.98 Å². The van der Waals surface area contributed by atoms with E-state index in [0.717, 1.165) is 5.56 Å². The fraction of sp³-hybridized carbons (Fsp3) is 0. The van der Waals surface area contributed by atoms with Crippen LogP contribution in [0.2, 0.25) is 0 Å². The number of hydrogen-bond donors (Lipinski definition) is 0. The molecule has 0 bridgehead atoms. The zero-order chi connectivity index (χ0) is 19.7. The maximum Gasteiger partial charge on any atom is 0.0340 e. The van der Waals surface area contributed by atoms with Gasteiger partial charge >= 0.3 is 0 Å². The molecule has 0 spiro atoms. The van der Waals surface area contributed by atoms with E-state index < -0.39 is 0 Å². The molecule has 0 amide bonds. The molecule has 0 aliphatic carbocycles. The third kappa shape index (κ3) is 9.12. The van der Waals surface area contributed by atoms with Crippen LogP contribution in [0.15, 0.2) is 128 Å². The SMILES string of the molecule is C(C=CC=Cc1ccccc1)=CC=Cc1ccccc1.C=Cc1cccnc1. The van der Waals surface area contributed by atoms with Crippen LogP contribution in [0, 0.1) is 0 Å². The fourth-order valence-electron chi connectivity index (χ4n) is 2.21. The molecule has 1 nitrogen and oxygen atoms in total. The molecule has 0 saturated heterocycles. The lowest BCUT2D eigenvalue weighted by atomic mass is 10.2. The van der Waals surface area contributed by atoms with E-state index >= 15 is 0 Å². The van der Waals surface area contributed by atoms with Crippen molar-refractivity contribution in [3.05, 3.63) is 145 Å². The predicted octanol–water partition coefficient (Wildman–Crippen LogP) is 7.25. The van der Waals surface area contributed by atoms with E-state index in [0.29, 0.717) is 0 Å². The first-order valence-corrected chi connectivity index (χ1v) is 9.19. The Kier molecular flexibility index (Phi) is 9.92. The van der Waals surface area contributed by atoms with E-state index in [1.54, 1.807) is 18.5 Å². The van der Waals surface area contributed by atoms with Crippen LogP contribution in [0.4, 0.5) is 0 Å². The van der Waals surface area contributed by atoms with Crippen molar-refractivity contribution in [3.8, 4) is 0 Å². The van der Waals surface area contributed by atoms with E-state index in [4.69, 9.17) is 0 Å². The number of pyridine rings is 1. The van der Waals surface area contributed by atoms with Crippen LogP contribution in [0.5, 0.6) is 0 Å². The summed E-state index contributed by atoms with van der Waals surface area (Å²) in [6.45, 7) is 3.59. The van der Waals surface area contributed by atoms with Gasteiger partial charge in [0.2, 0.25) is 0 Å². The second kappa shape index (κ2) is 13.5. The van der Waals surface area contributed by atoms with Gasteiger partial charge in [0.1, 0.15) is 0 Å². The number of benzene rings is 2. The van der Waals surface area contributed by atoms with E-state index in [-0.39, 0.29) is 0 Å². The Labute approximate surface area is 168 Å². The lowest BCUT2D eigenvalue weighted by Crippen LogP contribution is -1.70. The number of hydrogen-bond acceptors (Lipinski definition) is 1. The molecule has 138 valence electrons. The molecule has 3 rings (SSSR count). The Bertz CT molecular complexity index is 845. The zero-order valence-corrected chi connectivity index (χ0v) is 15.9. The van der Waals surface area contributed by atoms with Gasteiger partial charge in [0.25, 0.3) is 0 Å². The molecule has 2 aromatic carbocycles. The fourth-order valence-corrected chi connectivity index (χ4v) is 2.21. The standard InChI is InChI=1S/C20H18.C7H7N/c1(3-7-13-19-15-9-5-10-16-19)2-4-8-14-20-17-11-6-12-18-20;1-2-7-4-3-5-8-6-7/h1-18H;2-6H,1H2. The molecule has 0 fully saturated rings. The quantitative estimate of drug-likeness (QED) is 0.420. The normalized spacial score (nSPS) is 11.1. The summed E-state index contributed by atoms with van der Waals surface area (Å²) in [4.78, 5) is 3.88. The minimum atomic E-state index is 1.06. The average molecular weight is 364 g/mol. The third-order valence-electron chi connectivity index (χ3n) is 3.65. The van der Waals surface area contributed by atoms with Gasteiger partial charge in [-0.05, 0) is 22.8 Å². The summed E-state index contributed by atoms with van der Waals surface area (Å²) in [5, 5.41) is 0. The van der Waals surface area contributed by atoms with Crippen molar-refractivity contribution in [1.82, 2.24) is 4.98 Å². The summed E-state index contributed by atoms with van der Waals surface area (Å²) in [6.07, 6.45) is 21.6. The van der Waals surface area contributed by atoms with Crippen molar-refractivity contribution in [3.63, 3.8) is 0 Å². The highest BCUT2D eigenvalue weighted by atomic mass is 14.6. The van der Waals surface area contributed by atoms with Gasteiger partial charge in [-0.15, -0.1) is 0 Å². The van der Waals surface area contributed by atoms with Crippen LogP contribution in [0.25, 0.3) is 18.2 Å². The number of nitrogens with zero attached hydrogens (tertiary/aromatic N) is 1. The van der Waals surface area contributed by atoms with E-state index in [2.05, 4.69) is 48.0 Å². The van der Waals surface area contributed by atoms with Crippen LogP contribution < -0.4 is 0 Å². The highest BCUT2D eigenvalue weighted by Crippen LogP contribution is 2.02. The van der Waals surface area contributed by atoms with E-state index in [1.807, 2.05) is 85.0 Å². The second-order valence-electron chi connectivity index (χ2n) is 5.80. The molecule has 28 heavy (non-hydrogen) atoms. The first-order valence-electron chi connectivity index (χ1n) is 9.19. The van der Waals surface area contributed by atoms with Gasteiger partial charge in [0.05, 0.1) is 0 Å². The monoisotopic (exact) mass is 363 g/mol. The molecular weight excluding hydrogens is 338 g/mol. The summed E-state index contributed by atoms with van der Waals surface area (Å²) in [5.41, 5.74) is 3.49. The molecule has 0 unspecified atom stereocenters. The molecule has 3 aromatic rings. The zero-order valence-electron chi connectivity index (χ0n) is 15.9. The Morgan fingerprint density at radius 2 is 1.00 bits per heavy atom.